The molecule has 6 heteroatoms. The Morgan fingerprint density at radius 3 is 2.48 bits per heavy atom. The van der Waals surface area contributed by atoms with Gasteiger partial charge in [0.2, 0.25) is 5.91 Å². The maximum Gasteiger partial charge on any atom is 0.338 e. The summed E-state index contributed by atoms with van der Waals surface area (Å²) in [6.07, 6.45) is 2.34. The summed E-state index contributed by atoms with van der Waals surface area (Å²) in [4.78, 5) is 28.8. The molecule has 0 bridgehead atoms. The lowest BCUT2D eigenvalue weighted by atomic mass is 10.0. The van der Waals surface area contributed by atoms with Crippen LogP contribution in [0.2, 0.25) is 0 Å². The minimum Gasteiger partial charge on any atom is -0.456 e. The van der Waals surface area contributed by atoms with Gasteiger partial charge in [0.15, 0.2) is 0 Å². The first-order valence-electron chi connectivity index (χ1n) is 8.73. The zero-order chi connectivity index (χ0) is 18.4. The molecule has 5 nitrogen and oxygen atoms in total. The molecule has 0 spiro atoms. The van der Waals surface area contributed by atoms with Crippen LogP contribution in [-0.2, 0) is 9.53 Å². The lowest BCUT2D eigenvalue weighted by molar-refractivity contribution is -0.116. The number of carbonyl (C=O) groups is 2. The fourth-order valence-corrected chi connectivity index (χ4v) is 3.47. The third-order valence-corrected chi connectivity index (χ3v) is 4.68. The number of alkyl halides is 1. The number of anilines is 2. The van der Waals surface area contributed by atoms with Gasteiger partial charge in [-0.2, -0.15) is 0 Å². The van der Waals surface area contributed by atoms with Crippen LogP contribution in [0.1, 0.15) is 50.9 Å². The third-order valence-electron chi connectivity index (χ3n) is 4.46. The van der Waals surface area contributed by atoms with Gasteiger partial charge in [0.25, 0.3) is 0 Å². The fourth-order valence-electron chi connectivity index (χ4n) is 3.33. The Morgan fingerprint density at radius 2 is 1.92 bits per heavy atom. The Labute approximate surface area is 153 Å². The summed E-state index contributed by atoms with van der Waals surface area (Å²) in [6, 6.07) is 6.21. The number of carbonyl (C=O) groups excluding carboxylic acids is 2. The smallest absolute Gasteiger partial charge is 0.338 e. The van der Waals surface area contributed by atoms with Crippen LogP contribution in [0.5, 0.6) is 0 Å². The van der Waals surface area contributed by atoms with Crippen molar-refractivity contribution in [1.82, 2.24) is 0 Å². The minimum atomic E-state index is -0.562. The molecular formula is C19H25ClN2O3. The molecule has 1 heterocycles. The fraction of sp³-hybridized carbons (Fsp3) is 0.579. The van der Waals surface area contributed by atoms with Crippen LogP contribution in [-0.4, -0.2) is 42.0 Å². The lowest BCUT2D eigenvalue weighted by Gasteiger charge is -2.42. The second kappa shape index (κ2) is 6.52. The van der Waals surface area contributed by atoms with Crippen LogP contribution in [0.3, 0.4) is 0 Å². The van der Waals surface area contributed by atoms with Crippen molar-refractivity contribution < 1.29 is 14.3 Å². The number of benzene rings is 1. The molecule has 1 amide bonds. The monoisotopic (exact) mass is 364 g/mol. The van der Waals surface area contributed by atoms with Gasteiger partial charge in [0.05, 0.1) is 16.9 Å². The van der Waals surface area contributed by atoms with Gasteiger partial charge in [-0.15, -0.1) is 11.6 Å². The second-order valence-electron chi connectivity index (χ2n) is 7.83. The van der Waals surface area contributed by atoms with E-state index in [1.807, 2.05) is 26.8 Å². The topological polar surface area (TPSA) is 49.9 Å². The highest BCUT2D eigenvalue weighted by molar-refractivity contribution is 6.29. The highest BCUT2D eigenvalue weighted by atomic mass is 35.5. The van der Waals surface area contributed by atoms with Crippen LogP contribution in [0.25, 0.3) is 0 Å². The first kappa shape index (κ1) is 18.1. The minimum absolute atomic E-state index is 0.0771. The number of hydrogen-bond acceptors (Lipinski definition) is 4. The lowest BCUT2D eigenvalue weighted by Crippen LogP contribution is -2.51. The van der Waals surface area contributed by atoms with Crippen molar-refractivity contribution in [3.8, 4) is 0 Å². The predicted octanol–water partition coefficient (Wildman–Crippen LogP) is 3.58. The Kier molecular flexibility index (Phi) is 4.71. The van der Waals surface area contributed by atoms with Crippen LogP contribution in [0.15, 0.2) is 18.2 Å². The van der Waals surface area contributed by atoms with Crippen LogP contribution < -0.4 is 9.80 Å². The summed E-state index contributed by atoms with van der Waals surface area (Å²) in [6.45, 7) is 8.21. The summed E-state index contributed by atoms with van der Waals surface area (Å²) in [5, 5.41) is 0. The van der Waals surface area contributed by atoms with Gasteiger partial charge < -0.3 is 14.5 Å². The SMILES string of the molecule is CC1CN(C(=O)CCl)c2cc(C(=O)OC(C)(C)C)ccc2N1C1CC1. The van der Waals surface area contributed by atoms with Gasteiger partial charge in [-0.05, 0) is 58.7 Å². The van der Waals surface area contributed by atoms with Crippen molar-refractivity contribution in [3.63, 3.8) is 0 Å². The first-order valence-corrected chi connectivity index (χ1v) is 9.27. The molecule has 1 atom stereocenters. The van der Waals surface area contributed by atoms with Crippen molar-refractivity contribution in [2.45, 2.75) is 58.2 Å². The molecule has 1 aliphatic heterocycles. The number of halogens is 1. The molecule has 0 saturated heterocycles. The summed E-state index contributed by atoms with van der Waals surface area (Å²) in [7, 11) is 0. The number of nitrogens with zero attached hydrogens (tertiary/aromatic N) is 2. The van der Waals surface area contributed by atoms with Crippen molar-refractivity contribution in [1.29, 1.82) is 0 Å². The van der Waals surface area contributed by atoms with E-state index in [1.54, 1.807) is 17.0 Å². The highest BCUT2D eigenvalue weighted by Crippen LogP contribution is 2.43. The molecule has 0 aromatic heterocycles. The normalized spacial score (nSPS) is 20.3. The van der Waals surface area contributed by atoms with Crippen molar-refractivity contribution >= 4 is 34.9 Å². The number of hydrogen-bond donors (Lipinski definition) is 0. The molecule has 2 aliphatic rings. The van der Waals surface area contributed by atoms with E-state index in [2.05, 4.69) is 11.8 Å². The number of esters is 1. The van der Waals surface area contributed by atoms with Crippen molar-refractivity contribution in [3.05, 3.63) is 23.8 Å². The van der Waals surface area contributed by atoms with Gasteiger partial charge in [-0.3, -0.25) is 4.79 Å². The number of fused-ring (bicyclic) bond motifs is 1. The second-order valence-corrected chi connectivity index (χ2v) is 8.10. The molecule has 25 heavy (non-hydrogen) atoms. The number of rotatable bonds is 3. The standard InChI is InChI=1S/C19H25ClN2O3/c1-12-11-21(17(23)10-20)16-9-13(18(24)25-19(2,3)4)5-8-15(16)22(12)14-6-7-14/h5,8-9,12,14H,6-7,10-11H2,1-4H3. The summed E-state index contributed by atoms with van der Waals surface area (Å²) >= 11 is 5.80. The van der Waals surface area contributed by atoms with Crippen LogP contribution in [0, 0.1) is 0 Å². The third kappa shape index (κ3) is 3.76. The van der Waals surface area contributed by atoms with E-state index in [0.717, 1.165) is 11.4 Å². The van der Waals surface area contributed by atoms with Gasteiger partial charge >= 0.3 is 5.97 Å². The molecule has 1 aromatic rings. The molecule has 1 unspecified atom stereocenters. The Balaban J connectivity index is 2.00. The van der Waals surface area contributed by atoms with Crippen LogP contribution >= 0.6 is 11.6 Å². The van der Waals surface area contributed by atoms with E-state index in [9.17, 15) is 9.59 Å². The Hall–Kier alpha value is -1.75. The Morgan fingerprint density at radius 1 is 1.24 bits per heavy atom. The van der Waals surface area contributed by atoms with Gasteiger partial charge in [-0.1, -0.05) is 0 Å². The summed E-state index contributed by atoms with van der Waals surface area (Å²) in [5.41, 5.74) is 1.63. The molecule has 1 aliphatic carbocycles. The van der Waals surface area contributed by atoms with Crippen molar-refractivity contribution in [2.24, 2.45) is 0 Å². The zero-order valence-corrected chi connectivity index (χ0v) is 16.0. The van der Waals surface area contributed by atoms with E-state index in [4.69, 9.17) is 16.3 Å². The van der Waals surface area contributed by atoms with Gasteiger partial charge in [0, 0.05) is 18.6 Å². The largest absolute Gasteiger partial charge is 0.456 e. The Bertz CT molecular complexity index is 694. The molecule has 0 N–H and O–H groups in total. The van der Waals surface area contributed by atoms with E-state index < -0.39 is 5.60 Å². The molecule has 0 radical (unpaired) electrons. The van der Waals surface area contributed by atoms with Gasteiger partial charge in [0.1, 0.15) is 11.5 Å². The average molecular weight is 365 g/mol. The number of amides is 1. The number of ether oxygens (including phenoxy) is 1. The van der Waals surface area contributed by atoms with E-state index in [-0.39, 0.29) is 23.8 Å². The molecule has 1 aromatic carbocycles. The van der Waals surface area contributed by atoms with Crippen molar-refractivity contribution in [2.75, 3.05) is 22.2 Å². The molecule has 3 rings (SSSR count). The summed E-state index contributed by atoms with van der Waals surface area (Å²) in [5.74, 6) is -0.608. The zero-order valence-electron chi connectivity index (χ0n) is 15.2. The first-order chi connectivity index (χ1) is 11.7. The average Bonchev–Trinajstić information content (AvgIpc) is 3.35. The molecule has 1 fully saturated rings. The maximum absolute atomic E-state index is 12.4. The quantitative estimate of drug-likeness (QED) is 0.607. The molecule has 136 valence electrons. The summed E-state index contributed by atoms with van der Waals surface area (Å²) < 4.78 is 5.46. The maximum atomic E-state index is 12.4. The molecule has 1 saturated carbocycles. The van der Waals surface area contributed by atoms with Crippen LogP contribution in [0.4, 0.5) is 11.4 Å². The van der Waals surface area contributed by atoms with E-state index in [1.165, 1.54) is 12.8 Å². The molecular weight excluding hydrogens is 340 g/mol. The van der Waals surface area contributed by atoms with Gasteiger partial charge in [-0.25, -0.2) is 4.79 Å². The predicted molar refractivity (Wildman–Crippen MR) is 99.6 cm³/mol. The highest BCUT2D eigenvalue weighted by Gasteiger charge is 2.39. The van der Waals surface area contributed by atoms with E-state index in [0.29, 0.717) is 18.2 Å². The van der Waals surface area contributed by atoms with E-state index >= 15 is 0 Å².